The molecule has 6 heteroatoms. The molecule has 0 radical (unpaired) electrons. The Bertz CT molecular complexity index is 499. The van der Waals surface area contributed by atoms with Crippen molar-refractivity contribution in [2.75, 3.05) is 40.4 Å². The van der Waals surface area contributed by atoms with E-state index in [1.54, 1.807) is 0 Å². The van der Waals surface area contributed by atoms with Crippen LogP contribution in [0.3, 0.4) is 0 Å². The van der Waals surface area contributed by atoms with Gasteiger partial charge in [0.05, 0.1) is 12.7 Å². The Balaban J connectivity index is 1.94. The van der Waals surface area contributed by atoms with E-state index in [9.17, 15) is 0 Å². The Kier molecular flexibility index (Phi) is 8.88. The summed E-state index contributed by atoms with van der Waals surface area (Å²) >= 11 is 0. The molecule has 0 amide bonds. The van der Waals surface area contributed by atoms with Crippen LogP contribution in [-0.4, -0.2) is 80.0 Å². The molecule has 3 unspecified atom stereocenters. The molecule has 2 aliphatic rings. The maximum absolute atomic E-state index is 8.35. The van der Waals surface area contributed by atoms with Crippen molar-refractivity contribution < 1.29 is 0 Å². The summed E-state index contributed by atoms with van der Waals surface area (Å²) in [6.45, 7) is 8.11. The SMILES string of the molecule is CCC=NC1CC(CC(C(C)=N)N2CCCC(CCN(C)C)C2)=NCN1. The van der Waals surface area contributed by atoms with Crippen molar-refractivity contribution in [1.82, 2.24) is 15.1 Å². The van der Waals surface area contributed by atoms with Gasteiger partial charge in [0.2, 0.25) is 0 Å². The van der Waals surface area contributed by atoms with Crippen LogP contribution in [0.2, 0.25) is 0 Å². The third-order valence-electron chi connectivity index (χ3n) is 5.43. The predicted octanol–water partition coefficient (Wildman–Crippen LogP) is 2.65. The van der Waals surface area contributed by atoms with E-state index in [0.717, 1.165) is 50.5 Å². The number of likely N-dealkylation sites (tertiary alicyclic amines) is 1. The van der Waals surface area contributed by atoms with Gasteiger partial charge in [-0.3, -0.25) is 20.2 Å². The highest BCUT2D eigenvalue weighted by Crippen LogP contribution is 2.24. The van der Waals surface area contributed by atoms with Crippen LogP contribution in [0.5, 0.6) is 0 Å². The molecular weight excluding hydrogens is 324 g/mol. The van der Waals surface area contributed by atoms with Gasteiger partial charge in [-0.25, -0.2) is 0 Å². The summed E-state index contributed by atoms with van der Waals surface area (Å²) in [5, 5.41) is 11.7. The summed E-state index contributed by atoms with van der Waals surface area (Å²) in [6, 6.07) is 0.199. The second kappa shape index (κ2) is 10.9. The first-order valence-electron chi connectivity index (χ1n) is 10.2. The van der Waals surface area contributed by atoms with E-state index in [4.69, 9.17) is 5.41 Å². The minimum absolute atomic E-state index is 0.156. The Labute approximate surface area is 159 Å². The molecule has 1 saturated heterocycles. The Hall–Kier alpha value is -1.11. The molecule has 0 aliphatic carbocycles. The van der Waals surface area contributed by atoms with E-state index in [1.165, 1.54) is 25.0 Å². The van der Waals surface area contributed by atoms with Crippen LogP contribution in [0.4, 0.5) is 0 Å². The zero-order valence-corrected chi connectivity index (χ0v) is 17.2. The highest BCUT2D eigenvalue weighted by Gasteiger charge is 2.29. The molecule has 2 N–H and O–H groups in total. The number of aliphatic imine (C=N–C) groups is 2. The van der Waals surface area contributed by atoms with Crippen LogP contribution in [-0.2, 0) is 0 Å². The van der Waals surface area contributed by atoms with Gasteiger partial charge < -0.3 is 10.3 Å². The number of nitrogens with one attached hydrogen (secondary N) is 2. The van der Waals surface area contributed by atoms with Crippen LogP contribution in [0.15, 0.2) is 9.98 Å². The zero-order chi connectivity index (χ0) is 18.9. The summed E-state index contributed by atoms with van der Waals surface area (Å²) in [7, 11) is 4.30. The molecular formula is C20H38N6. The van der Waals surface area contributed by atoms with E-state index in [0.29, 0.717) is 6.67 Å². The van der Waals surface area contributed by atoms with Gasteiger partial charge in [-0.2, -0.15) is 0 Å². The van der Waals surface area contributed by atoms with Gasteiger partial charge in [0, 0.05) is 37.0 Å². The van der Waals surface area contributed by atoms with E-state index in [1.807, 2.05) is 13.1 Å². The topological polar surface area (TPSA) is 67.1 Å². The van der Waals surface area contributed by atoms with Crippen LogP contribution in [0.25, 0.3) is 0 Å². The number of hydrogen-bond acceptors (Lipinski definition) is 6. The number of hydrogen-bond donors (Lipinski definition) is 2. The normalized spacial score (nSPS) is 26.3. The Morgan fingerprint density at radius 3 is 3.00 bits per heavy atom. The fraction of sp³-hybridized carbons (Fsp3) is 0.850. The number of piperidine rings is 1. The van der Waals surface area contributed by atoms with Crippen molar-refractivity contribution >= 4 is 17.6 Å². The molecule has 2 aliphatic heterocycles. The van der Waals surface area contributed by atoms with Gasteiger partial charge in [-0.15, -0.1) is 0 Å². The highest BCUT2D eigenvalue weighted by molar-refractivity contribution is 5.93. The molecule has 0 saturated carbocycles. The minimum atomic E-state index is 0.156. The molecule has 6 nitrogen and oxygen atoms in total. The lowest BCUT2D eigenvalue weighted by Crippen LogP contribution is -2.48. The van der Waals surface area contributed by atoms with Gasteiger partial charge in [0.25, 0.3) is 0 Å². The molecule has 2 rings (SSSR count). The van der Waals surface area contributed by atoms with Crippen molar-refractivity contribution in [1.29, 1.82) is 5.41 Å². The third kappa shape index (κ3) is 6.89. The molecule has 3 atom stereocenters. The van der Waals surface area contributed by atoms with E-state index < -0.39 is 0 Å². The molecule has 0 aromatic carbocycles. The molecule has 0 aromatic heterocycles. The van der Waals surface area contributed by atoms with E-state index >= 15 is 0 Å². The first kappa shape index (κ1) is 21.2. The Morgan fingerprint density at radius 2 is 2.31 bits per heavy atom. The van der Waals surface area contributed by atoms with Gasteiger partial charge in [0.1, 0.15) is 6.17 Å². The second-order valence-electron chi connectivity index (χ2n) is 8.04. The molecule has 26 heavy (non-hydrogen) atoms. The second-order valence-corrected chi connectivity index (χ2v) is 8.04. The lowest BCUT2D eigenvalue weighted by atomic mass is 9.91. The summed E-state index contributed by atoms with van der Waals surface area (Å²) in [5.74, 6) is 0.755. The van der Waals surface area contributed by atoms with Crippen molar-refractivity contribution in [3.8, 4) is 0 Å². The van der Waals surface area contributed by atoms with Crippen LogP contribution < -0.4 is 5.32 Å². The standard InChI is InChI=1S/C20H38N6/c1-5-9-22-20-13-18(23-15-24-20)12-19(16(2)21)26-10-6-7-17(14-26)8-11-25(3)4/h9,17,19-21,24H,5-8,10-15H2,1-4H3. The summed E-state index contributed by atoms with van der Waals surface area (Å²) < 4.78 is 0. The fourth-order valence-electron chi connectivity index (χ4n) is 3.94. The maximum Gasteiger partial charge on any atom is 0.106 e. The summed E-state index contributed by atoms with van der Waals surface area (Å²) in [5.41, 5.74) is 1.99. The summed E-state index contributed by atoms with van der Waals surface area (Å²) in [6.07, 6.45) is 8.70. The van der Waals surface area contributed by atoms with Gasteiger partial charge in [0.15, 0.2) is 0 Å². The van der Waals surface area contributed by atoms with Crippen LogP contribution in [0.1, 0.15) is 52.4 Å². The first-order valence-corrected chi connectivity index (χ1v) is 10.2. The quantitative estimate of drug-likeness (QED) is 0.620. The van der Waals surface area contributed by atoms with Gasteiger partial charge in [-0.1, -0.05) is 6.92 Å². The molecule has 2 heterocycles. The molecule has 0 spiro atoms. The van der Waals surface area contributed by atoms with Crippen LogP contribution in [0, 0.1) is 11.3 Å². The van der Waals surface area contributed by atoms with E-state index in [2.05, 4.69) is 46.1 Å². The molecule has 0 aromatic rings. The highest BCUT2D eigenvalue weighted by atomic mass is 15.2. The number of nitrogens with zero attached hydrogens (tertiary/aromatic N) is 4. The monoisotopic (exact) mass is 362 g/mol. The average Bonchev–Trinajstić information content (AvgIpc) is 2.63. The average molecular weight is 363 g/mol. The lowest BCUT2D eigenvalue weighted by molar-refractivity contribution is 0.143. The predicted molar refractivity (Wildman–Crippen MR) is 112 cm³/mol. The van der Waals surface area contributed by atoms with Gasteiger partial charge in [-0.05, 0) is 65.7 Å². The van der Waals surface area contributed by atoms with Crippen molar-refractivity contribution in [2.24, 2.45) is 15.9 Å². The Morgan fingerprint density at radius 1 is 1.50 bits per heavy atom. The largest absolute Gasteiger partial charge is 0.309 e. The summed E-state index contributed by atoms with van der Waals surface area (Å²) in [4.78, 5) is 14.1. The maximum atomic E-state index is 8.35. The van der Waals surface area contributed by atoms with Crippen molar-refractivity contribution in [3.63, 3.8) is 0 Å². The molecule has 1 fully saturated rings. The zero-order valence-electron chi connectivity index (χ0n) is 17.2. The lowest BCUT2D eigenvalue weighted by Gasteiger charge is -2.39. The minimum Gasteiger partial charge on any atom is -0.309 e. The smallest absolute Gasteiger partial charge is 0.106 e. The van der Waals surface area contributed by atoms with Crippen LogP contribution >= 0.6 is 0 Å². The van der Waals surface area contributed by atoms with Crippen molar-refractivity contribution in [2.45, 2.75) is 64.6 Å². The number of rotatable bonds is 9. The molecule has 0 bridgehead atoms. The van der Waals surface area contributed by atoms with E-state index in [-0.39, 0.29) is 12.2 Å². The first-order chi connectivity index (χ1) is 12.5. The third-order valence-corrected chi connectivity index (χ3v) is 5.43. The van der Waals surface area contributed by atoms with Gasteiger partial charge >= 0.3 is 0 Å². The van der Waals surface area contributed by atoms with Crippen molar-refractivity contribution in [3.05, 3.63) is 0 Å². The molecule has 148 valence electrons. The fourth-order valence-corrected chi connectivity index (χ4v) is 3.94.